The molecule has 2 rings (SSSR count). The molecule has 1 heterocycles. The van der Waals surface area contributed by atoms with Crippen molar-refractivity contribution in [3.8, 4) is 0 Å². The fourth-order valence-corrected chi connectivity index (χ4v) is 1.90. The van der Waals surface area contributed by atoms with Gasteiger partial charge in [-0.1, -0.05) is 0 Å². The van der Waals surface area contributed by atoms with E-state index in [9.17, 15) is 4.79 Å². The van der Waals surface area contributed by atoms with E-state index in [1.807, 2.05) is 6.07 Å². The topological polar surface area (TPSA) is 65.2 Å². The Labute approximate surface area is 82.1 Å². The molecule has 4 nitrogen and oxygen atoms in total. The Morgan fingerprint density at radius 3 is 3.21 bits per heavy atom. The van der Waals surface area contributed by atoms with E-state index in [0.29, 0.717) is 5.82 Å². The van der Waals surface area contributed by atoms with Gasteiger partial charge in [0.05, 0.1) is 13.0 Å². The van der Waals surface area contributed by atoms with Crippen LogP contribution in [0.3, 0.4) is 0 Å². The SMILES string of the molecule is COC(=O)C1CCc2cc(N)ncc21. The number of nitrogen functional groups attached to an aromatic ring is 1. The van der Waals surface area contributed by atoms with Gasteiger partial charge in [0.2, 0.25) is 0 Å². The Kier molecular flexibility index (Phi) is 2.11. The molecule has 1 atom stereocenters. The number of hydrogen-bond acceptors (Lipinski definition) is 4. The Morgan fingerprint density at radius 1 is 1.71 bits per heavy atom. The molecule has 1 aromatic heterocycles. The monoisotopic (exact) mass is 192 g/mol. The van der Waals surface area contributed by atoms with Gasteiger partial charge in [0.15, 0.2) is 0 Å². The van der Waals surface area contributed by atoms with Crippen molar-refractivity contribution in [2.75, 3.05) is 12.8 Å². The maximum Gasteiger partial charge on any atom is 0.313 e. The highest BCUT2D eigenvalue weighted by atomic mass is 16.5. The molecule has 0 saturated carbocycles. The molecular weight excluding hydrogens is 180 g/mol. The third-order valence-electron chi connectivity index (χ3n) is 2.61. The first-order chi connectivity index (χ1) is 6.72. The predicted octanol–water partition coefficient (Wildman–Crippen LogP) is 0.867. The summed E-state index contributed by atoms with van der Waals surface area (Å²) in [4.78, 5) is 15.4. The second-order valence-corrected chi connectivity index (χ2v) is 3.42. The minimum atomic E-state index is -0.185. The van der Waals surface area contributed by atoms with Crippen LogP contribution in [0.15, 0.2) is 12.3 Å². The number of esters is 1. The van der Waals surface area contributed by atoms with Crippen LogP contribution in [0.25, 0.3) is 0 Å². The number of hydrogen-bond donors (Lipinski definition) is 1. The smallest absolute Gasteiger partial charge is 0.313 e. The molecule has 0 spiro atoms. The summed E-state index contributed by atoms with van der Waals surface area (Å²) in [5.41, 5.74) is 7.64. The van der Waals surface area contributed by atoms with Gasteiger partial charge >= 0.3 is 5.97 Å². The molecule has 1 aliphatic carbocycles. The van der Waals surface area contributed by atoms with Gasteiger partial charge in [0.1, 0.15) is 5.82 Å². The van der Waals surface area contributed by atoms with Crippen LogP contribution >= 0.6 is 0 Å². The van der Waals surface area contributed by atoms with Crippen LogP contribution in [-0.2, 0) is 16.0 Å². The lowest BCUT2D eigenvalue weighted by Crippen LogP contribution is -2.11. The van der Waals surface area contributed by atoms with E-state index in [0.717, 1.165) is 24.0 Å². The molecule has 2 N–H and O–H groups in total. The molecule has 0 aliphatic heterocycles. The quantitative estimate of drug-likeness (QED) is 0.670. The Balaban J connectivity index is 2.35. The van der Waals surface area contributed by atoms with Gasteiger partial charge in [-0.2, -0.15) is 0 Å². The van der Waals surface area contributed by atoms with E-state index in [4.69, 9.17) is 10.5 Å². The minimum Gasteiger partial charge on any atom is -0.469 e. The van der Waals surface area contributed by atoms with E-state index in [1.54, 1.807) is 6.20 Å². The Hall–Kier alpha value is -1.58. The normalized spacial score (nSPS) is 19.1. The van der Waals surface area contributed by atoms with Crippen LogP contribution in [-0.4, -0.2) is 18.1 Å². The second-order valence-electron chi connectivity index (χ2n) is 3.42. The summed E-state index contributed by atoms with van der Waals surface area (Å²) >= 11 is 0. The van der Waals surface area contributed by atoms with Crippen LogP contribution in [0.1, 0.15) is 23.5 Å². The van der Waals surface area contributed by atoms with Crippen LogP contribution in [0.5, 0.6) is 0 Å². The second kappa shape index (κ2) is 3.29. The van der Waals surface area contributed by atoms with Crippen molar-refractivity contribution in [2.45, 2.75) is 18.8 Å². The zero-order chi connectivity index (χ0) is 10.1. The van der Waals surface area contributed by atoms with Gasteiger partial charge < -0.3 is 10.5 Å². The third kappa shape index (κ3) is 1.32. The van der Waals surface area contributed by atoms with Gasteiger partial charge in [-0.15, -0.1) is 0 Å². The summed E-state index contributed by atoms with van der Waals surface area (Å²) in [5.74, 6) is 0.174. The van der Waals surface area contributed by atoms with Gasteiger partial charge in [0.25, 0.3) is 0 Å². The van der Waals surface area contributed by atoms with Gasteiger partial charge in [0, 0.05) is 6.20 Å². The summed E-state index contributed by atoms with van der Waals surface area (Å²) < 4.78 is 4.72. The summed E-state index contributed by atoms with van der Waals surface area (Å²) in [5, 5.41) is 0. The number of fused-ring (bicyclic) bond motifs is 1. The van der Waals surface area contributed by atoms with Gasteiger partial charge in [-0.3, -0.25) is 4.79 Å². The van der Waals surface area contributed by atoms with E-state index in [2.05, 4.69) is 4.98 Å². The van der Waals surface area contributed by atoms with Crippen LogP contribution < -0.4 is 5.73 Å². The average molecular weight is 192 g/mol. The molecule has 0 fully saturated rings. The summed E-state index contributed by atoms with van der Waals surface area (Å²) in [6, 6.07) is 1.83. The van der Waals surface area contributed by atoms with Crippen molar-refractivity contribution >= 4 is 11.8 Å². The molecule has 1 aliphatic rings. The number of nitrogens with two attached hydrogens (primary N) is 1. The number of pyridine rings is 1. The minimum absolute atomic E-state index is 0.150. The standard InChI is InChI=1S/C10H12N2O2/c1-14-10(13)7-3-2-6-4-9(11)12-5-8(6)7/h4-5,7H,2-3H2,1H3,(H2,11,12). The van der Waals surface area contributed by atoms with E-state index in [-0.39, 0.29) is 11.9 Å². The molecule has 0 bridgehead atoms. The lowest BCUT2D eigenvalue weighted by molar-refractivity contribution is -0.142. The van der Waals surface area contributed by atoms with Gasteiger partial charge in [-0.25, -0.2) is 4.98 Å². The molecule has 4 heteroatoms. The zero-order valence-corrected chi connectivity index (χ0v) is 7.99. The number of aryl methyl sites for hydroxylation is 1. The molecule has 1 aromatic rings. The summed E-state index contributed by atoms with van der Waals surface area (Å²) in [6.45, 7) is 0. The van der Waals surface area contributed by atoms with Crippen LogP contribution in [0.2, 0.25) is 0 Å². The number of methoxy groups -OCH3 is 1. The number of ether oxygens (including phenoxy) is 1. The molecule has 0 aromatic carbocycles. The first kappa shape index (κ1) is 8.99. The molecule has 74 valence electrons. The molecule has 1 unspecified atom stereocenters. The fourth-order valence-electron chi connectivity index (χ4n) is 1.90. The first-order valence-corrected chi connectivity index (χ1v) is 4.54. The highest BCUT2D eigenvalue weighted by molar-refractivity contribution is 5.79. The van der Waals surface area contributed by atoms with E-state index >= 15 is 0 Å². The number of carbonyl (C=O) groups excluding carboxylic acids is 1. The van der Waals surface area contributed by atoms with Crippen molar-refractivity contribution in [1.29, 1.82) is 0 Å². The number of aromatic nitrogens is 1. The first-order valence-electron chi connectivity index (χ1n) is 4.54. The third-order valence-corrected chi connectivity index (χ3v) is 2.61. The lowest BCUT2D eigenvalue weighted by atomic mass is 10.0. The van der Waals surface area contributed by atoms with Crippen molar-refractivity contribution in [3.63, 3.8) is 0 Å². The van der Waals surface area contributed by atoms with Crippen molar-refractivity contribution in [2.24, 2.45) is 0 Å². The predicted molar refractivity (Wildman–Crippen MR) is 51.7 cm³/mol. The number of rotatable bonds is 1. The zero-order valence-electron chi connectivity index (χ0n) is 7.99. The Bertz CT molecular complexity index is 376. The lowest BCUT2D eigenvalue weighted by Gasteiger charge is -2.07. The maximum atomic E-state index is 11.4. The number of nitrogens with zero attached hydrogens (tertiary/aromatic N) is 1. The number of anilines is 1. The maximum absolute atomic E-state index is 11.4. The van der Waals surface area contributed by atoms with E-state index in [1.165, 1.54) is 7.11 Å². The van der Waals surface area contributed by atoms with Crippen molar-refractivity contribution < 1.29 is 9.53 Å². The fraction of sp³-hybridized carbons (Fsp3) is 0.400. The molecule has 0 radical (unpaired) electrons. The van der Waals surface area contributed by atoms with E-state index < -0.39 is 0 Å². The number of carbonyl (C=O) groups is 1. The van der Waals surface area contributed by atoms with Crippen molar-refractivity contribution in [3.05, 3.63) is 23.4 Å². The average Bonchev–Trinajstić information content (AvgIpc) is 2.59. The molecular formula is C10H12N2O2. The van der Waals surface area contributed by atoms with Crippen molar-refractivity contribution in [1.82, 2.24) is 4.98 Å². The largest absolute Gasteiger partial charge is 0.469 e. The van der Waals surface area contributed by atoms with Crippen LogP contribution in [0, 0.1) is 0 Å². The molecule has 14 heavy (non-hydrogen) atoms. The summed E-state index contributed by atoms with van der Waals surface area (Å²) in [7, 11) is 1.41. The van der Waals surface area contributed by atoms with Gasteiger partial charge in [-0.05, 0) is 30.0 Å². The Morgan fingerprint density at radius 2 is 2.50 bits per heavy atom. The highest BCUT2D eigenvalue weighted by Crippen LogP contribution is 2.33. The summed E-state index contributed by atoms with van der Waals surface area (Å²) in [6.07, 6.45) is 3.36. The molecule has 0 amide bonds. The molecule has 0 saturated heterocycles. The van der Waals surface area contributed by atoms with Crippen LogP contribution in [0.4, 0.5) is 5.82 Å². The highest BCUT2D eigenvalue weighted by Gasteiger charge is 2.29.